The third kappa shape index (κ3) is 3.99. The first-order chi connectivity index (χ1) is 8.06. The maximum atomic E-state index is 11.9. The molecule has 17 heavy (non-hydrogen) atoms. The quantitative estimate of drug-likeness (QED) is 0.712. The molecule has 0 aliphatic rings. The SMILES string of the molecule is CCCCc1ccc(C(C)C(=O)C(C)C)cc1. The number of benzene rings is 1. The summed E-state index contributed by atoms with van der Waals surface area (Å²) in [4.78, 5) is 11.9. The summed E-state index contributed by atoms with van der Waals surface area (Å²) in [5.74, 6) is 0.464. The minimum absolute atomic E-state index is 0.0234. The first kappa shape index (κ1) is 14.0. The smallest absolute Gasteiger partial charge is 0.142 e. The summed E-state index contributed by atoms with van der Waals surface area (Å²) in [7, 11) is 0. The van der Waals surface area contributed by atoms with Crippen LogP contribution in [-0.2, 0) is 11.2 Å². The lowest BCUT2D eigenvalue weighted by molar-refractivity contribution is -0.123. The van der Waals surface area contributed by atoms with Crippen LogP contribution in [-0.4, -0.2) is 5.78 Å². The van der Waals surface area contributed by atoms with Crippen LogP contribution in [0.5, 0.6) is 0 Å². The maximum absolute atomic E-state index is 11.9. The number of aryl methyl sites for hydroxylation is 1. The predicted octanol–water partition coefficient (Wildman–Crippen LogP) is 4.36. The fraction of sp³-hybridized carbons (Fsp3) is 0.562. The lowest BCUT2D eigenvalue weighted by atomic mass is 9.90. The average molecular weight is 232 g/mol. The molecule has 1 heteroatoms. The van der Waals surface area contributed by atoms with Crippen LogP contribution in [0, 0.1) is 5.92 Å². The molecule has 0 fully saturated rings. The van der Waals surface area contributed by atoms with Crippen LogP contribution < -0.4 is 0 Å². The summed E-state index contributed by atoms with van der Waals surface area (Å²) in [6.45, 7) is 8.14. The molecular formula is C16H24O. The standard InChI is InChI=1S/C16H24O/c1-5-6-7-14-8-10-15(11-9-14)13(4)16(17)12(2)3/h8-13H,5-7H2,1-4H3. The Morgan fingerprint density at radius 2 is 1.71 bits per heavy atom. The Morgan fingerprint density at radius 1 is 1.12 bits per heavy atom. The molecule has 0 radical (unpaired) electrons. The van der Waals surface area contributed by atoms with Gasteiger partial charge in [0.25, 0.3) is 0 Å². The number of hydrogen-bond acceptors (Lipinski definition) is 1. The van der Waals surface area contributed by atoms with E-state index in [2.05, 4.69) is 31.2 Å². The molecule has 94 valence electrons. The lowest BCUT2D eigenvalue weighted by Crippen LogP contribution is -2.15. The molecule has 0 saturated heterocycles. The Labute approximate surface area is 105 Å². The molecule has 1 atom stereocenters. The second kappa shape index (κ2) is 6.58. The highest BCUT2D eigenvalue weighted by atomic mass is 16.1. The fourth-order valence-electron chi connectivity index (χ4n) is 2.02. The molecular weight excluding hydrogens is 208 g/mol. The summed E-state index contributed by atoms with van der Waals surface area (Å²) in [6.07, 6.45) is 3.60. The Kier molecular flexibility index (Phi) is 5.40. The van der Waals surface area contributed by atoms with Gasteiger partial charge in [-0.2, -0.15) is 0 Å². The van der Waals surface area contributed by atoms with Crippen LogP contribution >= 0.6 is 0 Å². The van der Waals surface area contributed by atoms with Crippen molar-refractivity contribution in [3.05, 3.63) is 35.4 Å². The summed E-state index contributed by atoms with van der Waals surface area (Å²) in [6, 6.07) is 8.54. The third-order valence-corrected chi connectivity index (χ3v) is 3.29. The van der Waals surface area contributed by atoms with Crippen LogP contribution in [0.15, 0.2) is 24.3 Å². The second-order valence-electron chi connectivity index (χ2n) is 5.12. The molecule has 1 aromatic carbocycles. The lowest BCUT2D eigenvalue weighted by Gasteiger charge is -2.13. The van der Waals surface area contributed by atoms with Gasteiger partial charge >= 0.3 is 0 Å². The summed E-state index contributed by atoms with van der Waals surface area (Å²) >= 11 is 0. The first-order valence-electron chi connectivity index (χ1n) is 6.68. The van der Waals surface area contributed by atoms with Crippen LogP contribution in [0.4, 0.5) is 0 Å². The summed E-state index contributed by atoms with van der Waals surface area (Å²) in [5, 5.41) is 0. The minimum atomic E-state index is 0.0234. The van der Waals surface area contributed by atoms with E-state index in [4.69, 9.17) is 0 Å². The van der Waals surface area contributed by atoms with Crippen molar-refractivity contribution >= 4 is 5.78 Å². The van der Waals surface area contributed by atoms with Crippen molar-refractivity contribution in [1.82, 2.24) is 0 Å². The Hall–Kier alpha value is -1.11. The van der Waals surface area contributed by atoms with Crippen molar-refractivity contribution in [2.45, 2.75) is 52.9 Å². The molecule has 0 amide bonds. The molecule has 1 nitrogen and oxygen atoms in total. The van der Waals surface area contributed by atoms with Crippen molar-refractivity contribution in [2.75, 3.05) is 0 Å². The molecule has 1 aromatic rings. The maximum Gasteiger partial charge on any atom is 0.142 e. The zero-order valence-electron chi connectivity index (χ0n) is 11.5. The minimum Gasteiger partial charge on any atom is -0.299 e. The number of carbonyl (C=O) groups is 1. The van der Waals surface area contributed by atoms with Crippen molar-refractivity contribution in [2.24, 2.45) is 5.92 Å². The van der Waals surface area contributed by atoms with Crippen molar-refractivity contribution < 1.29 is 4.79 Å². The van der Waals surface area contributed by atoms with Gasteiger partial charge in [-0.05, 0) is 24.0 Å². The molecule has 0 aromatic heterocycles. The Morgan fingerprint density at radius 3 is 2.18 bits per heavy atom. The van der Waals surface area contributed by atoms with E-state index in [1.54, 1.807) is 0 Å². The monoisotopic (exact) mass is 232 g/mol. The predicted molar refractivity (Wildman–Crippen MR) is 73.3 cm³/mol. The zero-order chi connectivity index (χ0) is 12.8. The molecule has 0 spiro atoms. The number of ketones is 1. The van der Waals surface area contributed by atoms with Crippen LogP contribution in [0.1, 0.15) is 57.6 Å². The van der Waals surface area contributed by atoms with E-state index in [0.29, 0.717) is 5.78 Å². The second-order valence-corrected chi connectivity index (χ2v) is 5.12. The van der Waals surface area contributed by atoms with Gasteiger partial charge in [-0.3, -0.25) is 4.79 Å². The highest BCUT2D eigenvalue weighted by molar-refractivity contribution is 5.86. The van der Waals surface area contributed by atoms with Gasteiger partial charge in [0.05, 0.1) is 0 Å². The summed E-state index contributed by atoms with van der Waals surface area (Å²) < 4.78 is 0. The summed E-state index contributed by atoms with van der Waals surface area (Å²) in [5.41, 5.74) is 2.52. The van der Waals surface area contributed by atoms with E-state index in [0.717, 1.165) is 12.0 Å². The van der Waals surface area contributed by atoms with Crippen LogP contribution in [0.3, 0.4) is 0 Å². The van der Waals surface area contributed by atoms with Gasteiger partial charge in [-0.1, -0.05) is 58.4 Å². The van der Waals surface area contributed by atoms with Gasteiger partial charge < -0.3 is 0 Å². The first-order valence-corrected chi connectivity index (χ1v) is 6.68. The molecule has 0 saturated carbocycles. The van der Waals surface area contributed by atoms with Gasteiger partial charge in [0, 0.05) is 11.8 Å². The third-order valence-electron chi connectivity index (χ3n) is 3.29. The van der Waals surface area contributed by atoms with E-state index < -0.39 is 0 Å². The van der Waals surface area contributed by atoms with E-state index in [1.165, 1.54) is 18.4 Å². The normalized spacial score (nSPS) is 12.8. The van der Waals surface area contributed by atoms with Gasteiger partial charge in [0.15, 0.2) is 0 Å². The molecule has 1 rings (SSSR count). The average Bonchev–Trinajstić information content (AvgIpc) is 2.35. The molecule has 1 unspecified atom stereocenters. The van der Waals surface area contributed by atoms with Crippen molar-refractivity contribution in [1.29, 1.82) is 0 Å². The van der Waals surface area contributed by atoms with Gasteiger partial charge in [0.2, 0.25) is 0 Å². The van der Waals surface area contributed by atoms with Gasteiger partial charge in [-0.25, -0.2) is 0 Å². The number of Topliss-reactive ketones (excluding diaryl/α,β-unsaturated/α-hetero) is 1. The molecule has 0 N–H and O–H groups in total. The molecule has 0 bridgehead atoms. The fourth-order valence-corrected chi connectivity index (χ4v) is 2.02. The molecule has 0 aliphatic heterocycles. The highest BCUT2D eigenvalue weighted by Crippen LogP contribution is 2.20. The van der Waals surface area contributed by atoms with E-state index in [1.807, 2.05) is 20.8 Å². The van der Waals surface area contributed by atoms with Crippen LogP contribution in [0.2, 0.25) is 0 Å². The van der Waals surface area contributed by atoms with Crippen molar-refractivity contribution in [3.63, 3.8) is 0 Å². The van der Waals surface area contributed by atoms with Gasteiger partial charge in [0.1, 0.15) is 5.78 Å². The van der Waals surface area contributed by atoms with E-state index >= 15 is 0 Å². The Bertz CT molecular complexity index is 348. The topological polar surface area (TPSA) is 17.1 Å². The molecule has 0 aliphatic carbocycles. The largest absolute Gasteiger partial charge is 0.299 e. The van der Waals surface area contributed by atoms with Gasteiger partial charge in [-0.15, -0.1) is 0 Å². The van der Waals surface area contributed by atoms with E-state index in [-0.39, 0.29) is 11.8 Å². The molecule has 0 heterocycles. The highest BCUT2D eigenvalue weighted by Gasteiger charge is 2.17. The van der Waals surface area contributed by atoms with E-state index in [9.17, 15) is 4.79 Å². The van der Waals surface area contributed by atoms with Crippen LogP contribution in [0.25, 0.3) is 0 Å². The van der Waals surface area contributed by atoms with Crippen molar-refractivity contribution in [3.8, 4) is 0 Å². The zero-order valence-corrected chi connectivity index (χ0v) is 11.5. The number of carbonyl (C=O) groups excluding carboxylic acids is 1. The number of hydrogen-bond donors (Lipinski definition) is 0. The Balaban J connectivity index is 2.70. The number of unbranched alkanes of at least 4 members (excludes halogenated alkanes) is 1. The number of rotatable bonds is 6.